The predicted octanol–water partition coefficient (Wildman–Crippen LogP) is 8.76. The Hall–Kier alpha value is 0.837. The van der Waals surface area contributed by atoms with Gasteiger partial charge in [0.05, 0.1) is 6.10 Å². The molecule has 5 heteroatoms. The van der Waals surface area contributed by atoms with Gasteiger partial charge in [-0.2, -0.15) is 0 Å². The van der Waals surface area contributed by atoms with Crippen molar-refractivity contribution in [1.29, 1.82) is 0 Å². The summed E-state index contributed by atoms with van der Waals surface area (Å²) in [6.07, 6.45) is 14.6. The van der Waals surface area contributed by atoms with Crippen LogP contribution in [0.3, 0.4) is 0 Å². The van der Waals surface area contributed by atoms with Crippen molar-refractivity contribution in [3.05, 3.63) is 35.4 Å². The van der Waals surface area contributed by atoms with Crippen LogP contribution in [0, 0.1) is 0 Å². The molecule has 1 aliphatic rings. The van der Waals surface area contributed by atoms with Crippen LogP contribution in [-0.2, 0) is 11.2 Å². The van der Waals surface area contributed by atoms with Crippen LogP contribution in [0.15, 0.2) is 24.3 Å². The molecule has 0 bridgehead atoms. The standard InChI is InChI=1S/C22H35Br3OSi/c1-2-3-4-5-6-8-19-9-11-20(12-10-19)21-13-15-22(16-14-21)26-17-7-18-27(23,24)25/h9-12,21-22H,2-8,13-18H2,1H3. The zero-order valence-electron chi connectivity index (χ0n) is 16.7. The highest BCUT2D eigenvalue weighted by Gasteiger charge is 2.24. The Bertz CT molecular complexity index is 507. The van der Waals surface area contributed by atoms with Crippen molar-refractivity contribution < 1.29 is 4.74 Å². The summed E-state index contributed by atoms with van der Waals surface area (Å²) in [5.41, 5.74) is 3.05. The summed E-state index contributed by atoms with van der Waals surface area (Å²) in [7, 11) is 0. The normalized spacial score (nSPS) is 20.7. The highest BCUT2D eigenvalue weighted by atomic mass is 80.0. The van der Waals surface area contributed by atoms with Gasteiger partial charge in [-0.1, -0.05) is 103 Å². The maximum absolute atomic E-state index is 6.11. The van der Waals surface area contributed by atoms with Gasteiger partial charge in [0.15, 0.2) is 0 Å². The molecule has 1 fully saturated rings. The van der Waals surface area contributed by atoms with Gasteiger partial charge >= 0.3 is 0 Å². The molecular weight excluding hydrogens is 548 g/mol. The first kappa shape index (κ1) is 24.1. The molecular formula is C22H35Br3OSi. The zero-order valence-corrected chi connectivity index (χ0v) is 22.5. The fourth-order valence-corrected chi connectivity index (χ4v) is 7.04. The van der Waals surface area contributed by atoms with Crippen molar-refractivity contribution >= 4 is 49.8 Å². The molecule has 0 aromatic heterocycles. The van der Waals surface area contributed by atoms with E-state index in [0.29, 0.717) is 6.10 Å². The summed E-state index contributed by atoms with van der Waals surface area (Å²) < 4.78 is 4.65. The van der Waals surface area contributed by atoms with Gasteiger partial charge in [0.2, 0.25) is 0 Å². The molecule has 0 amide bonds. The van der Waals surface area contributed by atoms with Crippen molar-refractivity contribution in [3.8, 4) is 0 Å². The molecule has 0 unspecified atom stereocenters. The fourth-order valence-electron chi connectivity index (χ4n) is 3.97. The Labute approximate surface area is 191 Å². The van der Waals surface area contributed by atoms with Gasteiger partial charge < -0.3 is 4.74 Å². The third-order valence-corrected chi connectivity index (χ3v) is 10.1. The average molecular weight is 583 g/mol. The first-order chi connectivity index (χ1) is 13.0. The molecule has 2 rings (SSSR count). The second kappa shape index (κ2) is 13.2. The summed E-state index contributed by atoms with van der Waals surface area (Å²) in [6.45, 7) is 3.17. The number of rotatable bonds is 12. The van der Waals surface area contributed by atoms with Crippen molar-refractivity contribution in [2.75, 3.05) is 6.61 Å². The molecule has 0 aliphatic heterocycles. The molecule has 27 heavy (non-hydrogen) atoms. The third-order valence-electron chi connectivity index (χ3n) is 5.65. The van der Waals surface area contributed by atoms with Crippen LogP contribution in [-0.4, -0.2) is 16.6 Å². The Morgan fingerprint density at radius 3 is 2.19 bits per heavy atom. The molecule has 0 saturated heterocycles. The van der Waals surface area contributed by atoms with E-state index in [9.17, 15) is 0 Å². The lowest BCUT2D eigenvalue weighted by Crippen LogP contribution is -2.21. The predicted molar refractivity (Wildman–Crippen MR) is 132 cm³/mol. The van der Waals surface area contributed by atoms with Crippen LogP contribution < -0.4 is 0 Å². The van der Waals surface area contributed by atoms with E-state index in [0.717, 1.165) is 25.0 Å². The Morgan fingerprint density at radius 2 is 1.56 bits per heavy atom. The Morgan fingerprint density at radius 1 is 0.889 bits per heavy atom. The molecule has 0 radical (unpaired) electrons. The van der Waals surface area contributed by atoms with Crippen molar-refractivity contribution in [1.82, 2.24) is 0 Å². The van der Waals surface area contributed by atoms with Crippen LogP contribution in [0.2, 0.25) is 6.04 Å². The van der Waals surface area contributed by atoms with Crippen molar-refractivity contribution in [3.63, 3.8) is 0 Å². The lowest BCUT2D eigenvalue weighted by Gasteiger charge is -2.29. The summed E-state index contributed by atoms with van der Waals surface area (Å²) in [5.74, 6) is 0.733. The molecule has 0 atom stereocenters. The van der Waals surface area contributed by atoms with Gasteiger partial charge in [-0.25, -0.2) is 0 Å². The van der Waals surface area contributed by atoms with Crippen LogP contribution in [0.1, 0.15) is 88.2 Å². The van der Waals surface area contributed by atoms with Gasteiger partial charge in [-0.05, 0) is 68.0 Å². The van der Waals surface area contributed by atoms with E-state index in [1.807, 2.05) is 0 Å². The maximum atomic E-state index is 6.11. The molecule has 1 saturated carbocycles. The molecule has 1 nitrogen and oxygen atoms in total. The van der Waals surface area contributed by atoms with Gasteiger partial charge in [-0.3, -0.25) is 0 Å². The zero-order chi connectivity index (χ0) is 19.5. The van der Waals surface area contributed by atoms with E-state index in [-0.39, 0.29) is 0 Å². The summed E-state index contributed by atoms with van der Waals surface area (Å²) >= 11 is 11.1. The quantitative estimate of drug-likeness (QED) is 0.136. The summed E-state index contributed by atoms with van der Waals surface area (Å²) in [5, 5.41) is 0. The van der Waals surface area contributed by atoms with Gasteiger partial charge in [-0.15, -0.1) is 0 Å². The smallest absolute Gasteiger partial charge is 0.267 e. The summed E-state index contributed by atoms with van der Waals surface area (Å²) in [6, 6.07) is 10.7. The van der Waals surface area contributed by atoms with Crippen LogP contribution in [0.4, 0.5) is 0 Å². The minimum absolute atomic E-state index is 0.473. The van der Waals surface area contributed by atoms with E-state index < -0.39 is 3.93 Å². The number of unbranched alkanes of at least 4 members (excludes halogenated alkanes) is 4. The molecule has 0 N–H and O–H groups in total. The number of ether oxygens (including phenoxy) is 1. The SMILES string of the molecule is CCCCCCCc1ccc(C2CCC(OCCC[Si](Br)(Br)Br)CC2)cc1. The van der Waals surface area contributed by atoms with Gasteiger partial charge in [0.1, 0.15) is 0 Å². The van der Waals surface area contributed by atoms with E-state index in [2.05, 4.69) is 77.1 Å². The number of hydrogen-bond acceptors (Lipinski definition) is 1. The van der Waals surface area contributed by atoms with Crippen LogP contribution >= 0.6 is 45.9 Å². The number of hydrogen-bond donors (Lipinski definition) is 0. The second-order valence-corrected chi connectivity index (χ2v) is 31.5. The third kappa shape index (κ3) is 10.4. The van der Waals surface area contributed by atoms with E-state index in [1.165, 1.54) is 75.3 Å². The van der Waals surface area contributed by atoms with Crippen LogP contribution in [0.5, 0.6) is 0 Å². The highest BCUT2D eigenvalue weighted by molar-refractivity contribution is 9.72. The highest BCUT2D eigenvalue weighted by Crippen LogP contribution is 2.35. The van der Waals surface area contributed by atoms with E-state index >= 15 is 0 Å². The average Bonchev–Trinajstić information content (AvgIpc) is 2.65. The maximum Gasteiger partial charge on any atom is 0.267 e. The fraction of sp³-hybridized carbons (Fsp3) is 0.727. The van der Waals surface area contributed by atoms with Crippen molar-refractivity contribution in [2.45, 2.75) is 95.6 Å². The number of benzene rings is 1. The first-order valence-electron chi connectivity index (χ1n) is 10.7. The van der Waals surface area contributed by atoms with Gasteiger partial charge in [0.25, 0.3) is 3.93 Å². The minimum atomic E-state index is -1.46. The molecule has 1 aromatic rings. The van der Waals surface area contributed by atoms with Gasteiger partial charge in [0, 0.05) is 6.61 Å². The van der Waals surface area contributed by atoms with Crippen molar-refractivity contribution in [2.24, 2.45) is 0 Å². The second-order valence-electron chi connectivity index (χ2n) is 7.97. The van der Waals surface area contributed by atoms with Crippen LogP contribution in [0.25, 0.3) is 0 Å². The lowest BCUT2D eigenvalue weighted by atomic mass is 9.82. The Kier molecular flexibility index (Phi) is 11.8. The lowest BCUT2D eigenvalue weighted by molar-refractivity contribution is 0.0251. The monoisotopic (exact) mass is 580 g/mol. The molecule has 1 aliphatic carbocycles. The van der Waals surface area contributed by atoms with E-state index in [1.54, 1.807) is 0 Å². The summed E-state index contributed by atoms with van der Waals surface area (Å²) in [4.78, 5) is 0. The minimum Gasteiger partial charge on any atom is -0.378 e. The topological polar surface area (TPSA) is 9.23 Å². The molecule has 1 aromatic carbocycles. The first-order valence-corrected chi connectivity index (χ1v) is 19.7. The molecule has 154 valence electrons. The van der Waals surface area contributed by atoms with E-state index in [4.69, 9.17) is 4.74 Å². The molecule has 0 heterocycles. The molecule has 0 spiro atoms. The number of halogens is 3. The Balaban J connectivity index is 1.64. The largest absolute Gasteiger partial charge is 0.378 e. The number of aryl methyl sites for hydroxylation is 1.